The number of hydrogen-bond acceptors (Lipinski definition) is 3. The lowest BCUT2D eigenvalue weighted by atomic mass is 9.81. The van der Waals surface area contributed by atoms with Gasteiger partial charge in [0.1, 0.15) is 6.54 Å². The van der Waals surface area contributed by atoms with Gasteiger partial charge in [0.15, 0.2) is 0 Å². The van der Waals surface area contributed by atoms with Crippen molar-refractivity contribution in [1.82, 2.24) is 4.90 Å². The van der Waals surface area contributed by atoms with Gasteiger partial charge in [-0.2, -0.15) is 0 Å². The molecule has 0 radical (unpaired) electrons. The summed E-state index contributed by atoms with van der Waals surface area (Å²) in [5, 5.41) is 3.41. The van der Waals surface area contributed by atoms with Crippen molar-refractivity contribution in [1.29, 1.82) is 0 Å². The summed E-state index contributed by atoms with van der Waals surface area (Å²) in [7, 11) is 0. The Labute approximate surface area is 149 Å². The molecule has 7 heteroatoms. The lowest BCUT2D eigenvalue weighted by Crippen LogP contribution is -2.39. The molecule has 0 spiro atoms. The molecule has 1 aliphatic heterocycles. The maximum absolute atomic E-state index is 12.6. The van der Waals surface area contributed by atoms with Crippen LogP contribution in [-0.4, -0.2) is 29.2 Å². The lowest BCUT2D eigenvalue weighted by molar-refractivity contribution is -0.143. The highest BCUT2D eigenvalue weighted by Gasteiger charge is 2.60. The molecule has 1 heterocycles. The van der Waals surface area contributed by atoms with Crippen LogP contribution in [-0.2, 0) is 14.4 Å². The summed E-state index contributed by atoms with van der Waals surface area (Å²) in [6.07, 6.45) is 3.02. The Balaban J connectivity index is 1.46. The van der Waals surface area contributed by atoms with Crippen molar-refractivity contribution in [3.05, 3.63) is 28.2 Å². The van der Waals surface area contributed by atoms with Crippen molar-refractivity contribution in [3.8, 4) is 0 Å². The molecule has 2 bridgehead atoms. The van der Waals surface area contributed by atoms with Crippen LogP contribution in [0.1, 0.15) is 19.3 Å². The van der Waals surface area contributed by atoms with E-state index >= 15 is 0 Å². The predicted octanol–water partition coefficient (Wildman–Crippen LogP) is 2.96. The summed E-state index contributed by atoms with van der Waals surface area (Å²) in [6, 6.07) is 4.72. The van der Waals surface area contributed by atoms with Crippen molar-refractivity contribution in [2.75, 3.05) is 11.9 Å². The molecule has 5 nitrogen and oxygen atoms in total. The summed E-state index contributed by atoms with van der Waals surface area (Å²) in [6.45, 7) is -0.261. The van der Waals surface area contributed by atoms with Crippen molar-refractivity contribution in [2.45, 2.75) is 19.3 Å². The first-order valence-electron chi connectivity index (χ1n) is 8.06. The number of likely N-dealkylation sites (tertiary alicyclic amines) is 1. The maximum Gasteiger partial charge on any atom is 0.244 e. The Hall–Kier alpha value is -1.59. The van der Waals surface area contributed by atoms with Crippen LogP contribution in [0.2, 0.25) is 10.0 Å². The first-order chi connectivity index (χ1) is 11.5. The van der Waals surface area contributed by atoms with Gasteiger partial charge in [-0.05, 0) is 49.3 Å². The number of halogens is 2. The molecule has 2 aliphatic carbocycles. The molecule has 1 saturated heterocycles. The molecule has 1 aromatic rings. The Morgan fingerprint density at radius 1 is 1.12 bits per heavy atom. The van der Waals surface area contributed by atoms with E-state index in [4.69, 9.17) is 23.2 Å². The van der Waals surface area contributed by atoms with Gasteiger partial charge in [0.25, 0.3) is 0 Å². The molecule has 4 atom stereocenters. The summed E-state index contributed by atoms with van der Waals surface area (Å²) >= 11 is 11.8. The van der Waals surface area contributed by atoms with Crippen LogP contribution < -0.4 is 5.32 Å². The van der Waals surface area contributed by atoms with Gasteiger partial charge in [-0.25, -0.2) is 0 Å². The fourth-order valence-electron chi connectivity index (χ4n) is 4.55. The van der Waals surface area contributed by atoms with Gasteiger partial charge in [0, 0.05) is 5.02 Å². The van der Waals surface area contributed by atoms with E-state index in [0.717, 1.165) is 24.2 Å². The van der Waals surface area contributed by atoms with Gasteiger partial charge in [0.2, 0.25) is 17.7 Å². The Bertz CT molecular complexity index is 723. The molecule has 3 amide bonds. The number of nitrogens with one attached hydrogen (secondary N) is 1. The summed E-state index contributed by atoms with van der Waals surface area (Å²) in [5.74, 6) is -0.589. The van der Waals surface area contributed by atoms with E-state index < -0.39 is 5.91 Å². The maximum atomic E-state index is 12.6. The molecular formula is C17H16Cl2N2O3. The summed E-state index contributed by atoms with van der Waals surface area (Å²) in [4.78, 5) is 38.5. The minimum absolute atomic E-state index is 0.186. The van der Waals surface area contributed by atoms with E-state index in [1.54, 1.807) is 12.1 Å². The average molecular weight is 367 g/mol. The number of nitrogens with zero attached hydrogens (tertiary/aromatic N) is 1. The number of amides is 3. The number of rotatable bonds is 3. The Morgan fingerprint density at radius 3 is 2.33 bits per heavy atom. The Kier molecular flexibility index (Phi) is 3.81. The molecule has 2 saturated carbocycles. The summed E-state index contributed by atoms with van der Waals surface area (Å²) < 4.78 is 0. The van der Waals surface area contributed by atoms with E-state index in [1.165, 1.54) is 6.07 Å². The third-order valence-electron chi connectivity index (χ3n) is 5.53. The third kappa shape index (κ3) is 2.42. The first kappa shape index (κ1) is 15.9. The molecule has 3 aliphatic rings. The highest BCUT2D eigenvalue weighted by atomic mass is 35.5. The number of imide groups is 1. The summed E-state index contributed by atoms with van der Waals surface area (Å²) in [5.41, 5.74) is 0.408. The zero-order valence-corrected chi connectivity index (χ0v) is 14.3. The quantitative estimate of drug-likeness (QED) is 0.836. The lowest BCUT2D eigenvalue weighted by Gasteiger charge is -2.19. The molecule has 0 aromatic heterocycles. The largest absolute Gasteiger partial charge is 0.323 e. The van der Waals surface area contributed by atoms with Crippen molar-refractivity contribution in [2.24, 2.45) is 23.7 Å². The van der Waals surface area contributed by atoms with Gasteiger partial charge in [0.05, 0.1) is 22.5 Å². The smallest absolute Gasteiger partial charge is 0.244 e. The van der Waals surface area contributed by atoms with Gasteiger partial charge in [-0.1, -0.05) is 23.2 Å². The fraction of sp³-hybridized carbons (Fsp3) is 0.471. The number of fused-ring (bicyclic) bond motifs is 5. The molecule has 0 unspecified atom stereocenters. The zero-order chi connectivity index (χ0) is 17.0. The molecule has 126 valence electrons. The van der Waals surface area contributed by atoms with E-state index in [9.17, 15) is 14.4 Å². The van der Waals surface area contributed by atoms with Crippen LogP contribution in [0.3, 0.4) is 0 Å². The third-order valence-corrected chi connectivity index (χ3v) is 6.07. The highest BCUT2D eigenvalue weighted by molar-refractivity contribution is 6.36. The van der Waals surface area contributed by atoms with Crippen molar-refractivity contribution >= 4 is 46.6 Å². The number of benzene rings is 1. The number of carbonyl (C=O) groups is 3. The highest BCUT2D eigenvalue weighted by Crippen LogP contribution is 2.56. The van der Waals surface area contributed by atoms with E-state index in [1.807, 2.05) is 0 Å². The van der Waals surface area contributed by atoms with Crippen LogP contribution >= 0.6 is 23.2 Å². The minimum atomic E-state index is -0.437. The van der Waals surface area contributed by atoms with Crippen LogP contribution in [0.15, 0.2) is 18.2 Å². The average Bonchev–Trinajstić information content (AvgIpc) is 3.20. The first-order valence-corrected chi connectivity index (χ1v) is 8.81. The fourth-order valence-corrected chi connectivity index (χ4v) is 5.01. The number of carbonyl (C=O) groups excluding carboxylic acids is 3. The normalized spacial score (nSPS) is 30.8. The second-order valence-electron chi connectivity index (χ2n) is 6.82. The topological polar surface area (TPSA) is 66.5 Å². The van der Waals surface area contributed by atoms with E-state index in [2.05, 4.69) is 5.32 Å². The van der Waals surface area contributed by atoms with Crippen LogP contribution in [0.5, 0.6) is 0 Å². The van der Waals surface area contributed by atoms with Gasteiger partial charge in [-0.15, -0.1) is 0 Å². The second-order valence-corrected chi connectivity index (χ2v) is 7.66. The standard InChI is InChI=1S/C17H16Cl2N2O3/c18-10-3-4-12(11(19)6-10)20-13(22)7-21-16(23)14-8-1-2-9(5-8)15(14)17(21)24/h3-4,6,8-9,14-15H,1-2,5,7H2,(H,20,22)/t8-,9-,14+,15+/m0/s1. The monoisotopic (exact) mass is 366 g/mol. The molecule has 3 fully saturated rings. The van der Waals surface area contributed by atoms with E-state index in [-0.39, 0.29) is 30.2 Å². The number of anilines is 1. The molecule has 24 heavy (non-hydrogen) atoms. The second kappa shape index (κ2) is 5.74. The van der Waals surface area contributed by atoms with Gasteiger partial charge >= 0.3 is 0 Å². The molecule has 1 N–H and O–H groups in total. The molecule has 4 rings (SSSR count). The van der Waals surface area contributed by atoms with Crippen LogP contribution in [0.25, 0.3) is 0 Å². The molecular weight excluding hydrogens is 351 g/mol. The van der Waals surface area contributed by atoms with Crippen molar-refractivity contribution < 1.29 is 14.4 Å². The van der Waals surface area contributed by atoms with Crippen molar-refractivity contribution in [3.63, 3.8) is 0 Å². The SMILES string of the molecule is O=C(CN1C(=O)[C@@H]2[C@H]3CC[C@@H](C3)[C@H]2C1=O)Nc1ccc(Cl)cc1Cl. The number of hydrogen-bond donors (Lipinski definition) is 1. The van der Waals surface area contributed by atoms with E-state index in [0.29, 0.717) is 27.6 Å². The predicted molar refractivity (Wildman–Crippen MR) is 89.6 cm³/mol. The minimum Gasteiger partial charge on any atom is -0.323 e. The van der Waals surface area contributed by atoms with Gasteiger partial charge < -0.3 is 5.32 Å². The zero-order valence-electron chi connectivity index (χ0n) is 12.8. The Morgan fingerprint density at radius 2 is 1.75 bits per heavy atom. The van der Waals surface area contributed by atoms with Crippen LogP contribution in [0.4, 0.5) is 5.69 Å². The van der Waals surface area contributed by atoms with Crippen LogP contribution in [0, 0.1) is 23.7 Å². The molecule has 1 aromatic carbocycles. The van der Waals surface area contributed by atoms with Gasteiger partial charge in [-0.3, -0.25) is 19.3 Å².